The number of carbonyl (C=O) groups excluding carboxylic acids is 1. The van der Waals surface area contributed by atoms with Gasteiger partial charge in [0.2, 0.25) is 0 Å². The molecule has 3 nitrogen and oxygen atoms in total. The van der Waals surface area contributed by atoms with Gasteiger partial charge in [-0.3, -0.25) is 0 Å². The van der Waals surface area contributed by atoms with E-state index in [1.54, 1.807) is 0 Å². The summed E-state index contributed by atoms with van der Waals surface area (Å²) in [7, 11) is 4.05. The molecule has 0 radical (unpaired) electrons. The van der Waals surface area contributed by atoms with Gasteiger partial charge in [0.25, 0.3) is 0 Å². The van der Waals surface area contributed by atoms with Crippen molar-refractivity contribution < 1.29 is 9.53 Å². The van der Waals surface area contributed by atoms with Crippen LogP contribution in [0.4, 0.5) is 0 Å². The predicted octanol–water partition coefficient (Wildman–Crippen LogP) is 1.65. The Morgan fingerprint density at radius 1 is 1.35 bits per heavy atom. The standard InChI is InChI=1S/C13H15NO2Se/c1-14(2)5-6-16-11-4-3-10-7-12(9-15)17-13(10)8-11/h3-4,7-9H,5-6H2,1-2H3. The van der Waals surface area contributed by atoms with Gasteiger partial charge in [-0.05, 0) is 0 Å². The van der Waals surface area contributed by atoms with Crippen LogP contribution in [-0.2, 0) is 0 Å². The first kappa shape index (κ1) is 12.4. The molecule has 0 saturated carbocycles. The van der Waals surface area contributed by atoms with Crippen LogP contribution in [0.15, 0.2) is 24.3 Å². The molecular weight excluding hydrogens is 281 g/mol. The number of likely N-dealkylation sites (N-methyl/N-ethyl adjacent to an activating group) is 1. The summed E-state index contributed by atoms with van der Waals surface area (Å²) in [6, 6.07) is 8.01. The number of rotatable bonds is 5. The number of hydrogen-bond acceptors (Lipinski definition) is 3. The molecule has 0 amide bonds. The van der Waals surface area contributed by atoms with Crippen LogP contribution in [-0.4, -0.2) is 52.9 Å². The van der Waals surface area contributed by atoms with Gasteiger partial charge in [0.15, 0.2) is 0 Å². The Morgan fingerprint density at radius 2 is 2.18 bits per heavy atom. The average Bonchev–Trinajstić information content (AvgIpc) is 2.70. The molecule has 0 aliphatic rings. The molecule has 0 atom stereocenters. The minimum atomic E-state index is 0.151. The molecule has 90 valence electrons. The number of benzene rings is 1. The van der Waals surface area contributed by atoms with Gasteiger partial charge >= 0.3 is 107 Å². The fourth-order valence-corrected chi connectivity index (χ4v) is 3.43. The van der Waals surface area contributed by atoms with E-state index in [0.29, 0.717) is 6.61 Å². The molecule has 0 saturated heterocycles. The third-order valence-electron chi connectivity index (χ3n) is 2.43. The van der Waals surface area contributed by atoms with Crippen LogP contribution in [0.1, 0.15) is 9.23 Å². The second kappa shape index (κ2) is 5.50. The summed E-state index contributed by atoms with van der Waals surface area (Å²) in [6.45, 7) is 1.59. The van der Waals surface area contributed by atoms with Gasteiger partial charge in [0.05, 0.1) is 0 Å². The van der Waals surface area contributed by atoms with Crippen molar-refractivity contribution in [2.75, 3.05) is 27.2 Å². The van der Waals surface area contributed by atoms with Gasteiger partial charge in [-0.25, -0.2) is 0 Å². The number of ether oxygens (including phenoxy) is 1. The van der Waals surface area contributed by atoms with Crippen molar-refractivity contribution >= 4 is 30.4 Å². The van der Waals surface area contributed by atoms with E-state index in [2.05, 4.69) is 11.0 Å². The quantitative estimate of drug-likeness (QED) is 0.621. The summed E-state index contributed by atoms with van der Waals surface area (Å²) < 4.78 is 7.81. The van der Waals surface area contributed by atoms with Gasteiger partial charge in [-0.2, -0.15) is 0 Å². The molecule has 1 aromatic heterocycles. The van der Waals surface area contributed by atoms with Crippen LogP contribution in [0.5, 0.6) is 5.75 Å². The Kier molecular flexibility index (Phi) is 4.00. The van der Waals surface area contributed by atoms with E-state index in [1.165, 1.54) is 4.26 Å². The summed E-state index contributed by atoms with van der Waals surface area (Å²) in [4.78, 5) is 12.8. The Labute approximate surface area is 107 Å². The molecule has 0 N–H and O–H groups in total. The van der Waals surface area contributed by atoms with E-state index in [0.717, 1.165) is 28.4 Å². The van der Waals surface area contributed by atoms with Crippen LogP contribution in [0.25, 0.3) is 9.65 Å². The van der Waals surface area contributed by atoms with E-state index in [-0.39, 0.29) is 14.5 Å². The third kappa shape index (κ3) is 3.19. The van der Waals surface area contributed by atoms with Crippen LogP contribution in [0, 0.1) is 0 Å². The number of hydrogen-bond donors (Lipinski definition) is 0. The van der Waals surface area contributed by atoms with Crippen LogP contribution in [0.2, 0.25) is 0 Å². The van der Waals surface area contributed by atoms with E-state index >= 15 is 0 Å². The molecule has 2 aromatic rings. The van der Waals surface area contributed by atoms with Gasteiger partial charge < -0.3 is 0 Å². The number of nitrogens with zero attached hydrogens (tertiary/aromatic N) is 1. The number of fused-ring (bicyclic) bond motifs is 1. The van der Waals surface area contributed by atoms with E-state index in [1.807, 2.05) is 32.3 Å². The molecule has 4 heteroatoms. The van der Waals surface area contributed by atoms with Crippen molar-refractivity contribution in [1.29, 1.82) is 0 Å². The maximum atomic E-state index is 10.7. The van der Waals surface area contributed by atoms with Crippen molar-refractivity contribution in [1.82, 2.24) is 4.90 Å². The molecular formula is C13H15NO2Se. The average molecular weight is 296 g/mol. The van der Waals surface area contributed by atoms with Gasteiger partial charge in [0, 0.05) is 0 Å². The fourth-order valence-electron chi connectivity index (χ4n) is 1.53. The fraction of sp³-hybridized carbons (Fsp3) is 0.308. The molecule has 0 fully saturated rings. The zero-order valence-corrected chi connectivity index (χ0v) is 11.7. The molecule has 0 spiro atoms. The molecule has 0 aliphatic heterocycles. The summed E-state index contributed by atoms with van der Waals surface area (Å²) in [5.74, 6) is 0.896. The topological polar surface area (TPSA) is 29.5 Å². The van der Waals surface area contributed by atoms with E-state index in [9.17, 15) is 4.79 Å². The monoisotopic (exact) mass is 297 g/mol. The zero-order valence-electron chi connectivity index (χ0n) is 9.97. The molecule has 0 unspecified atom stereocenters. The third-order valence-corrected chi connectivity index (χ3v) is 4.58. The summed E-state index contributed by atoms with van der Waals surface area (Å²) in [5.41, 5.74) is 0. The minimum absolute atomic E-state index is 0.151. The summed E-state index contributed by atoms with van der Waals surface area (Å²) in [5, 5.41) is 1.16. The van der Waals surface area contributed by atoms with Crippen molar-refractivity contribution in [3.05, 3.63) is 28.7 Å². The molecule has 0 bridgehead atoms. The maximum absolute atomic E-state index is 10.7. The first-order chi connectivity index (χ1) is 8.19. The van der Waals surface area contributed by atoms with Crippen LogP contribution in [0.3, 0.4) is 0 Å². The Balaban J connectivity index is 2.11. The van der Waals surface area contributed by atoms with Crippen molar-refractivity contribution in [2.24, 2.45) is 0 Å². The Hall–Kier alpha value is -1.09. The summed E-state index contributed by atoms with van der Waals surface area (Å²) >= 11 is 0.151. The zero-order chi connectivity index (χ0) is 12.3. The normalized spacial score (nSPS) is 11.0. The van der Waals surface area contributed by atoms with Crippen molar-refractivity contribution in [3.63, 3.8) is 0 Å². The Bertz CT molecular complexity index is 519. The first-order valence-corrected chi connectivity index (χ1v) is 7.16. The predicted molar refractivity (Wildman–Crippen MR) is 70.3 cm³/mol. The van der Waals surface area contributed by atoms with Gasteiger partial charge in [-0.15, -0.1) is 0 Å². The molecule has 17 heavy (non-hydrogen) atoms. The first-order valence-electron chi connectivity index (χ1n) is 5.45. The van der Waals surface area contributed by atoms with E-state index < -0.39 is 0 Å². The van der Waals surface area contributed by atoms with Crippen LogP contribution < -0.4 is 4.74 Å². The summed E-state index contributed by atoms with van der Waals surface area (Å²) in [6.07, 6.45) is 0.951. The molecule has 1 aromatic carbocycles. The van der Waals surface area contributed by atoms with Crippen molar-refractivity contribution in [2.45, 2.75) is 0 Å². The van der Waals surface area contributed by atoms with Gasteiger partial charge in [-0.1, -0.05) is 0 Å². The number of aldehydes is 1. The number of carbonyl (C=O) groups is 1. The second-order valence-electron chi connectivity index (χ2n) is 4.12. The Morgan fingerprint density at radius 3 is 2.88 bits per heavy atom. The van der Waals surface area contributed by atoms with Gasteiger partial charge in [0.1, 0.15) is 0 Å². The second-order valence-corrected chi connectivity index (χ2v) is 6.46. The molecule has 0 aliphatic carbocycles. The molecule has 2 rings (SSSR count). The van der Waals surface area contributed by atoms with Crippen LogP contribution >= 0.6 is 0 Å². The van der Waals surface area contributed by atoms with Crippen molar-refractivity contribution in [3.8, 4) is 5.75 Å². The SMILES string of the molecule is CN(C)CCOc1ccc2cc(C=O)[se]c2c1. The van der Waals surface area contributed by atoms with E-state index in [4.69, 9.17) is 4.74 Å². The molecule has 1 heterocycles.